The lowest BCUT2D eigenvalue weighted by atomic mass is 9.84. The predicted molar refractivity (Wildman–Crippen MR) is 95.7 cm³/mol. The first-order valence-corrected chi connectivity index (χ1v) is 8.53. The van der Waals surface area contributed by atoms with Gasteiger partial charge in [-0.3, -0.25) is 4.79 Å². The van der Waals surface area contributed by atoms with Gasteiger partial charge in [-0.1, -0.05) is 31.5 Å². The highest BCUT2D eigenvalue weighted by atomic mass is 35.5. The van der Waals surface area contributed by atoms with Gasteiger partial charge in [-0.25, -0.2) is 4.39 Å². The third-order valence-corrected chi connectivity index (χ3v) is 4.29. The number of thioether (sulfide) groups is 1. The van der Waals surface area contributed by atoms with Crippen molar-refractivity contribution in [1.82, 2.24) is 5.32 Å². The molecule has 1 rings (SSSR count). The number of rotatable bonds is 7. The normalized spacial score (nSPS) is 12.5. The van der Waals surface area contributed by atoms with Gasteiger partial charge in [0, 0.05) is 17.0 Å². The first-order chi connectivity index (χ1) is 9.77. The van der Waals surface area contributed by atoms with Crippen LogP contribution in [-0.2, 0) is 10.2 Å². The highest BCUT2D eigenvalue weighted by Crippen LogP contribution is 2.29. The summed E-state index contributed by atoms with van der Waals surface area (Å²) in [5.41, 5.74) is 6.21. The Balaban J connectivity index is 0.00000441. The van der Waals surface area contributed by atoms with Crippen LogP contribution in [-0.4, -0.2) is 30.5 Å². The van der Waals surface area contributed by atoms with Crippen LogP contribution in [0.1, 0.15) is 25.8 Å². The number of hydrogen-bond donors (Lipinski definition) is 2. The summed E-state index contributed by atoms with van der Waals surface area (Å²) in [7, 11) is 0. The molecule has 0 aliphatic heterocycles. The third kappa shape index (κ3) is 6.32. The number of halogens is 3. The van der Waals surface area contributed by atoms with Gasteiger partial charge in [-0.15, -0.1) is 12.4 Å². The van der Waals surface area contributed by atoms with E-state index in [1.807, 2.05) is 20.1 Å². The van der Waals surface area contributed by atoms with Gasteiger partial charge in [-0.2, -0.15) is 11.8 Å². The molecular weight excluding hydrogens is 346 g/mol. The number of nitrogens with two attached hydrogens (primary N) is 1. The molecule has 1 amide bonds. The van der Waals surface area contributed by atoms with Crippen LogP contribution >= 0.6 is 35.8 Å². The van der Waals surface area contributed by atoms with Gasteiger partial charge in [0.25, 0.3) is 0 Å². The molecule has 1 aromatic carbocycles. The van der Waals surface area contributed by atoms with E-state index in [-0.39, 0.29) is 24.1 Å². The Morgan fingerprint density at radius 2 is 2.14 bits per heavy atom. The minimum absolute atomic E-state index is 0. The number of hydrogen-bond acceptors (Lipinski definition) is 3. The van der Waals surface area contributed by atoms with Crippen LogP contribution in [0.4, 0.5) is 4.39 Å². The van der Waals surface area contributed by atoms with Crippen LogP contribution in [0, 0.1) is 5.82 Å². The molecule has 0 aliphatic carbocycles. The average Bonchev–Trinajstić information content (AvgIpc) is 2.41. The Kier molecular flexibility index (Phi) is 9.39. The molecule has 0 spiro atoms. The van der Waals surface area contributed by atoms with E-state index in [9.17, 15) is 9.18 Å². The summed E-state index contributed by atoms with van der Waals surface area (Å²) in [5.74, 6) is 0.305. The van der Waals surface area contributed by atoms with Crippen molar-refractivity contribution < 1.29 is 9.18 Å². The maximum absolute atomic E-state index is 13.1. The van der Waals surface area contributed by atoms with Gasteiger partial charge < -0.3 is 11.1 Å². The zero-order chi connectivity index (χ0) is 16.0. The molecule has 0 unspecified atom stereocenters. The van der Waals surface area contributed by atoms with Gasteiger partial charge in [-0.05, 0) is 36.1 Å². The van der Waals surface area contributed by atoms with Crippen LogP contribution in [0.2, 0.25) is 5.02 Å². The summed E-state index contributed by atoms with van der Waals surface area (Å²) in [6.07, 6.45) is 2.62. The van der Waals surface area contributed by atoms with Gasteiger partial charge in [0.15, 0.2) is 0 Å². The number of carbonyl (C=O) groups excluding carboxylic acids is 1. The lowest BCUT2D eigenvalue weighted by Gasteiger charge is -2.27. The van der Waals surface area contributed by atoms with E-state index in [1.54, 1.807) is 17.8 Å². The second-order valence-electron chi connectivity index (χ2n) is 5.61. The summed E-state index contributed by atoms with van der Waals surface area (Å²) in [6, 6.07) is 3.80. The molecule has 0 heterocycles. The fourth-order valence-corrected chi connectivity index (χ4v) is 2.86. The van der Waals surface area contributed by atoms with Crippen LogP contribution in [0.15, 0.2) is 18.2 Å². The van der Waals surface area contributed by atoms with E-state index in [0.29, 0.717) is 18.0 Å². The van der Waals surface area contributed by atoms with Crippen LogP contribution < -0.4 is 11.1 Å². The molecule has 0 aromatic heterocycles. The van der Waals surface area contributed by atoms with Crippen molar-refractivity contribution in [3.05, 3.63) is 34.6 Å². The van der Waals surface area contributed by atoms with Crippen molar-refractivity contribution in [2.75, 3.05) is 18.6 Å². The molecule has 7 heteroatoms. The fourth-order valence-electron chi connectivity index (χ4n) is 1.95. The second-order valence-corrected chi connectivity index (χ2v) is 7.01. The molecule has 3 nitrogen and oxygen atoms in total. The summed E-state index contributed by atoms with van der Waals surface area (Å²) in [6.45, 7) is 4.28. The Bertz CT molecular complexity index is 500. The molecule has 3 N–H and O–H groups in total. The molecule has 126 valence electrons. The van der Waals surface area contributed by atoms with Gasteiger partial charge in [0.1, 0.15) is 5.82 Å². The van der Waals surface area contributed by atoms with Gasteiger partial charge in [0.2, 0.25) is 5.91 Å². The van der Waals surface area contributed by atoms with Crippen molar-refractivity contribution in [2.45, 2.75) is 31.7 Å². The lowest BCUT2D eigenvalue weighted by molar-refractivity contribution is -0.122. The molecule has 0 radical (unpaired) electrons. The quantitative estimate of drug-likeness (QED) is 0.775. The molecular formula is C15H23Cl2FN2OS. The van der Waals surface area contributed by atoms with Crippen molar-refractivity contribution in [2.24, 2.45) is 5.73 Å². The maximum atomic E-state index is 13.1. The standard InChI is InChI=1S/C15H22ClFN2OS.ClH/c1-15(2,11-5-4-10(17)8-12(11)16)9-19-14(20)13(18)6-7-21-3;/h4-5,8,13H,6-7,9,18H2,1-3H3,(H,19,20);1H/t13-;/m0./s1. The van der Waals surface area contributed by atoms with Gasteiger partial charge >= 0.3 is 0 Å². The maximum Gasteiger partial charge on any atom is 0.236 e. The smallest absolute Gasteiger partial charge is 0.236 e. The summed E-state index contributed by atoms with van der Waals surface area (Å²) < 4.78 is 13.1. The highest BCUT2D eigenvalue weighted by molar-refractivity contribution is 7.98. The average molecular weight is 369 g/mol. The SMILES string of the molecule is CSCC[C@H](N)C(=O)NCC(C)(C)c1ccc(F)cc1Cl.Cl. The van der Waals surface area contributed by atoms with Crippen molar-refractivity contribution in [3.63, 3.8) is 0 Å². The van der Waals surface area contributed by atoms with E-state index in [2.05, 4.69) is 5.32 Å². The summed E-state index contributed by atoms with van der Waals surface area (Å²) >= 11 is 7.74. The molecule has 1 atom stereocenters. The Labute approximate surface area is 147 Å². The third-order valence-electron chi connectivity index (χ3n) is 3.33. The summed E-state index contributed by atoms with van der Waals surface area (Å²) in [4.78, 5) is 11.9. The highest BCUT2D eigenvalue weighted by Gasteiger charge is 2.25. The van der Waals surface area contributed by atoms with Crippen molar-refractivity contribution in [3.8, 4) is 0 Å². The number of nitrogens with one attached hydrogen (secondary N) is 1. The number of benzene rings is 1. The number of amides is 1. The molecule has 0 saturated heterocycles. The van der Waals surface area contributed by atoms with E-state index in [4.69, 9.17) is 17.3 Å². The molecule has 0 aliphatic rings. The molecule has 0 fully saturated rings. The van der Waals surface area contributed by atoms with Crippen LogP contribution in [0.25, 0.3) is 0 Å². The Morgan fingerprint density at radius 1 is 1.50 bits per heavy atom. The number of carbonyl (C=O) groups is 1. The van der Waals surface area contributed by atoms with Crippen molar-refractivity contribution in [1.29, 1.82) is 0 Å². The van der Waals surface area contributed by atoms with Gasteiger partial charge in [0.05, 0.1) is 6.04 Å². The van der Waals surface area contributed by atoms with E-state index in [0.717, 1.165) is 11.3 Å². The topological polar surface area (TPSA) is 55.1 Å². The van der Waals surface area contributed by atoms with E-state index >= 15 is 0 Å². The predicted octanol–water partition coefficient (Wildman–Crippen LogP) is 3.38. The fraction of sp³-hybridized carbons (Fsp3) is 0.533. The van der Waals surface area contributed by atoms with Crippen molar-refractivity contribution >= 4 is 41.7 Å². The zero-order valence-electron chi connectivity index (χ0n) is 13.0. The zero-order valence-corrected chi connectivity index (χ0v) is 15.4. The minimum atomic E-state index is -0.503. The lowest BCUT2D eigenvalue weighted by Crippen LogP contribution is -2.45. The first-order valence-electron chi connectivity index (χ1n) is 6.75. The van der Waals surface area contributed by atoms with E-state index < -0.39 is 11.5 Å². The second kappa shape index (κ2) is 9.60. The molecule has 22 heavy (non-hydrogen) atoms. The van der Waals surface area contributed by atoms with Crippen LogP contribution in [0.5, 0.6) is 0 Å². The molecule has 0 saturated carbocycles. The molecule has 0 bridgehead atoms. The monoisotopic (exact) mass is 368 g/mol. The first kappa shape index (κ1) is 21.5. The Hall–Kier alpha value is -0.490. The summed E-state index contributed by atoms with van der Waals surface area (Å²) in [5, 5.41) is 3.21. The van der Waals surface area contributed by atoms with Crippen LogP contribution in [0.3, 0.4) is 0 Å². The molecule has 1 aromatic rings. The largest absolute Gasteiger partial charge is 0.354 e. The Morgan fingerprint density at radius 3 is 2.68 bits per heavy atom. The van der Waals surface area contributed by atoms with E-state index in [1.165, 1.54) is 12.1 Å². The minimum Gasteiger partial charge on any atom is -0.354 e.